The molecule has 0 spiro atoms. The number of aryl methyl sites for hydroxylation is 2. The molecule has 0 N–H and O–H groups in total. The third-order valence-corrected chi connectivity index (χ3v) is 4.35. The highest BCUT2D eigenvalue weighted by atomic mass is 35.5. The van der Waals surface area contributed by atoms with Crippen molar-refractivity contribution in [2.45, 2.75) is 20.3 Å². The molecular formula is C14H12ClFOS. The fourth-order valence-corrected chi connectivity index (χ4v) is 2.84. The highest BCUT2D eigenvalue weighted by Crippen LogP contribution is 2.24. The van der Waals surface area contributed by atoms with E-state index < -0.39 is 0 Å². The summed E-state index contributed by atoms with van der Waals surface area (Å²) in [5, 5.41) is 0.299. The second kappa shape index (κ2) is 5.21. The van der Waals surface area contributed by atoms with E-state index in [0.717, 1.165) is 15.3 Å². The minimum atomic E-state index is -0.390. The lowest BCUT2D eigenvalue weighted by Crippen LogP contribution is -2.02. The molecule has 4 heteroatoms. The van der Waals surface area contributed by atoms with Crippen molar-refractivity contribution in [3.05, 3.63) is 56.0 Å². The summed E-state index contributed by atoms with van der Waals surface area (Å²) in [5.74, 6) is -0.372. The van der Waals surface area contributed by atoms with Gasteiger partial charge in [0.2, 0.25) is 0 Å². The summed E-state index contributed by atoms with van der Waals surface area (Å²) >= 11 is 7.39. The Morgan fingerprint density at radius 1 is 1.33 bits per heavy atom. The molecule has 2 rings (SSSR count). The smallest absolute Gasteiger partial charge is 0.177 e. The maximum Gasteiger partial charge on any atom is 0.177 e. The van der Waals surface area contributed by atoms with Crippen LogP contribution in [0, 0.1) is 19.7 Å². The topological polar surface area (TPSA) is 17.1 Å². The zero-order valence-electron chi connectivity index (χ0n) is 10.1. The van der Waals surface area contributed by atoms with Gasteiger partial charge in [0, 0.05) is 16.3 Å². The summed E-state index contributed by atoms with van der Waals surface area (Å²) in [5.41, 5.74) is 1.78. The molecule has 0 amide bonds. The largest absolute Gasteiger partial charge is 0.293 e. The Labute approximate surface area is 114 Å². The molecule has 0 radical (unpaired) electrons. The van der Waals surface area contributed by atoms with Gasteiger partial charge in [-0.15, -0.1) is 11.3 Å². The van der Waals surface area contributed by atoms with Crippen molar-refractivity contribution < 1.29 is 9.18 Å². The molecule has 0 unspecified atom stereocenters. The first-order valence-corrected chi connectivity index (χ1v) is 6.71. The maximum absolute atomic E-state index is 12.9. The molecule has 0 saturated heterocycles. The van der Waals surface area contributed by atoms with Gasteiger partial charge < -0.3 is 0 Å². The number of rotatable bonds is 3. The van der Waals surface area contributed by atoms with E-state index in [1.807, 2.05) is 19.9 Å². The Morgan fingerprint density at radius 3 is 2.61 bits per heavy atom. The molecule has 1 aromatic heterocycles. The molecule has 0 aliphatic heterocycles. The summed E-state index contributed by atoms with van der Waals surface area (Å²) < 4.78 is 12.9. The molecule has 94 valence electrons. The highest BCUT2D eigenvalue weighted by molar-refractivity contribution is 7.14. The van der Waals surface area contributed by atoms with E-state index in [1.54, 1.807) is 6.07 Å². The normalized spacial score (nSPS) is 10.7. The first-order chi connectivity index (χ1) is 8.47. The maximum atomic E-state index is 12.9. The zero-order valence-corrected chi connectivity index (χ0v) is 11.7. The molecule has 2 aromatic rings. The summed E-state index contributed by atoms with van der Waals surface area (Å²) in [6, 6.07) is 6.00. The van der Waals surface area contributed by atoms with Crippen LogP contribution in [-0.4, -0.2) is 5.78 Å². The standard InChI is InChI=1S/C14H12ClFOS/c1-8-5-14(18-9(8)2)13(17)6-10-3-4-11(16)7-12(10)15/h3-5,7H,6H2,1-2H3. The Bertz CT molecular complexity index is 584. The zero-order chi connectivity index (χ0) is 13.3. The van der Waals surface area contributed by atoms with Gasteiger partial charge in [0.1, 0.15) is 5.82 Å². The van der Waals surface area contributed by atoms with Crippen LogP contribution in [0.4, 0.5) is 4.39 Å². The monoisotopic (exact) mass is 282 g/mol. The molecule has 1 heterocycles. The lowest BCUT2D eigenvalue weighted by molar-refractivity contribution is 0.0996. The fraction of sp³-hybridized carbons (Fsp3) is 0.214. The van der Waals surface area contributed by atoms with E-state index >= 15 is 0 Å². The van der Waals surface area contributed by atoms with Crippen molar-refractivity contribution in [1.82, 2.24) is 0 Å². The molecule has 0 bridgehead atoms. The van der Waals surface area contributed by atoms with Crippen LogP contribution in [0.2, 0.25) is 5.02 Å². The van der Waals surface area contributed by atoms with Crippen LogP contribution in [0.15, 0.2) is 24.3 Å². The Hall–Kier alpha value is -1.19. The van der Waals surface area contributed by atoms with Crippen molar-refractivity contribution in [3.8, 4) is 0 Å². The second-order valence-corrected chi connectivity index (χ2v) is 5.85. The molecule has 0 fully saturated rings. The van der Waals surface area contributed by atoms with Crippen LogP contribution in [0.25, 0.3) is 0 Å². The first kappa shape index (κ1) is 13.2. The van der Waals surface area contributed by atoms with Crippen LogP contribution in [-0.2, 0) is 6.42 Å². The van der Waals surface area contributed by atoms with Gasteiger partial charge in [0.15, 0.2) is 5.78 Å². The number of benzene rings is 1. The highest BCUT2D eigenvalue weighted by Gasteiger charge is 2.13. The number of thiophene rings is 1. The minimum Gasteiger partial charge on any atom is -0.293 e. The number of carbonyl (C=O) groups is 1. The van der Waals surface area contributed by atoms with Crippen molar-refractivity contribution in [2.24, 2.45) is 0 Å². The molecule has 0 aliphatic rings. The van der Waals surface area contributed by atoms with Gasteiger partial charge in [-0.3, -0.25) is 4.79 Å². The third-order valence-electron chi connectivity index (χ3n) is 2.81. The number of hydrogen-bond acceptors (Lipinski definition) is 2. The summed E-state index contributed by atoms with van der Waals surface area (Å²) in [7, 11) is 0. The van der Waals surface area contributed by atoms with Crippen molar-refractivity contribution in [2.75, 3.05) is 0 Å². The molecule has 0 aliphatic carbocycles. The van der Waals surface area contributed by atoms with Gasteiger partial charge in [-0.2, -0.15) is 0 Å². The first-order valence-electron chi connectivity index (χ1n) is 5.51. The summed E-state index contributed by atoms with van der Waals surface area (Å²) in [6.45, 7) is 3.97. The van der Waals surface area contributed by atoms with Gasteiger partial charge >= 0.3 is 0 Å². The van der Waals surface area contributed by atoms with Crippen LogP contribution < -0.4 is 0 Å². The van der Waals surface area contributed by atoms with Crippen molar-refractivity contribution in [1.29, 1.82) is 0 Å². The molecule has 18 heavy (non-hydrogen) atoms. The lowest BCUT2D eigenvalue weighted by atomic mass is 10.1. The average Bonchev–Trinajstić information content (AvgIpc) is 2.63. The Balaban J connectivity index is 2.21. The van der Waals surface area contributed by atoms with Crippen molar-refractivity contribution >= 4 is 28.7 Å². The molecule has 0 saturated carbocycles. The minimum absolute atomic E-state index is 0.0182. The summed E-state index contributed by atoms with van der Waals surface area (Å²) in [4.78, 5) is 13.9. The van der Waals surface area contributed by atoms with Crippen LogP contribution in [0.1, 0.15) is 25.7 Å². The van der Waals surface area contributed by atoms with E-state index in [9.17, 15) is 9.18 Å². The molecule has 0 atom stereocenters. The lowest BCUT2D eigenvalue weighted by Gasteiger charge is -2.02. The van der Waals surface area contributed by atoms with Gasteiger partial charge in [0.25, 0.3) is 0 Å². The van der Waals surface area contributed by atoms with Gasteiger partial charge in [0.05, 0.1) is 4.88 Å². The van der Waals surface area contributed by atoms with Crippen LogP contribution in [0.5, 0.6) is 0 Å². The predicted octanol–water partition coefficient (Wildman–Crippen LogP) is 4.58. The van der Waals surface area contributed by atoms with Gasteiger partial charge in [-0.25, -0.2) is 4.39 Å². The average molecular weight is 283 g/mol. The Kier molecular flexibility index (Phi) is 3.83. The van der Waals surface area contributed by atoms with E-state index in [0.29, 0.717) is 10.6 Å². The number of halogens is 2. The quantitative estimate of drug-likeness (QED) is 0.753. The van der Waals surface area contributed by atoms with E-state index in [2.05, 4.69) is 0 Å². The molecular weight excluding hydrogens is 271 g/mol. The second-order valence-electron chi connectivity index (χ2n) is 4.19. The molecule has 1 aromatic carbocycles. The van der Waals surface area contributed by atoms with Crippen LogP contribution in [0.3, 0.4) is 0 Å². The molecule has 1 nitrogen and oxygen atoms in total. The number of ketones is 1. The SMILES string of the molecule is Cc1cc(C(=O)Cc2ccc(F)cc2Cl)sc1C. The number of hydrogen-bond donors (Lipinski definition) is 0. The third kappa shape index (κ3) is 2.79. The van der Waals surface area contributed by atoms with Gasteiger partial charge in [-0.1, -0.05) is 17.7 Å². The van der Waals surface area contributed by atoms with E-state index in [4.69, 9.17) is 11.6 Å². The predicted molar refractivity (Wildman–Crippen MR) is 73.2 cm³/mol. The van der Waals surface area contributed by atoms with Crippen molar-refractivity contribution in [3.63, 3.8) is 0 Å². The summed E-state index contributed by atoms with van der Waals surface area (Å²) in [6.07, 6.45) is 0.207. The van der Waals surface area contributed by atoms with Gasteiger partial charge in [-0.05, 0) is 43.2 Å². The number of Topliss-reactive ketones (excluding diaryl/α,β-unsaturated/α-hetero) is 1. The Morgan fingerprint density at radius 2 is 2.06 bits per heavy atom. The van der Waals surface area contributed by atoms with E-state index in [-0.39, 0.29) is 18.0 Å². The van der Waals surface area contributed by atoms with E-state index in [1.165, 1.54) is 23.5 Å². The fourth-order valence-electron chi connectivity index (χ4n) is 1.64. The van der Waals surface area contributed by atoms with Crippen LogP contribution >= 0.6 is 22.9 Å². The number of carbonyl (C=O) groups excluding carboxylic acids is 1.